The van der Waals surface area contributed by atoms with Crippen molar-refractivity contribution < 1.29 is 0 Å². The summed E-state index contributed by atoms with van der Waals surface area (Å²) in [6, 6.07) is 6.01. The minimum atomic E-state index is 0.767. The monoisotopic (exact) mass is 301 g/mol. The second-order valence-electron chi connectivity index (χ2n) is 4.51. The molecule has 1 saturated carbocycles. The molecule has 0 aromatic heterocycles. The van der Waals surface area contributed by atoms with Crippen LogP contribution >= 0.6 is 27.5 Å². The lowest BCUT2D eigenvalue weighted by Crippen LogP contribution is -2.17. The van der Waals surface area contributed by atoms with Gasteiger partial charge >= 0.3 is 0 Å². The zero-order valence-electron chi connectivity index (χ0n) is 9.31. The predicted molar refractivity (Wildman–Crippen MR) is 74.2 cm³/mol. The number of hydrogen-bond donors (Lipinski definition) is 1. The zero-order chi connectivity index (χ0) is 11.4. The molecule has 0 radical (unpaired) electrons. The summed E-state index contributed by atoms with van der Waals surface area (Å²) in [5.41, 5.74) is 1.15. The molecular weight excluding hydrogens is 286 g/mol. The minimum Gasteiger partial charge on any atom is -0.385 e. The molecule has 0 atom stereocenters. The summed E-state index contributed by atoms with van der Waals surface area (Å²) in [4.78, 5) is 0. The maximum absolute atomic E-state index is 5.95. The van der Waals surface area contributed by atoms with E-state index in [1.54, 1.807) is 0 Å². The van der Waals surface area contributed by atoms with Gasteiger partial charge in [0.2, 0.25) is 0 Å². The van der Waals surface area contributed by atoms with Crippen LogP contribution < -0.4 is 5.32 Å². The smallest absolute Gasteiger partial charge is 0.0549 e. The second-order valence-corrected chi connectivity index (χ2v) is 5.78. The van der Waals surface area contributed by atoms with Gasteiger partial charge in [0.15, 0.2) is 0 Å². The number of halogens is 2. The first-order chi connectivity index (χ1) is 7.75. The number of benzene rings is 1. The highest BCUT2D eigenvalue weighted by atomic mass is 79.9. The molecule has 0 saturated heterocycles. The lowest BCUT2D eigenvalue weighted by Gasteiger charge is -2.22. The van der Waals surface area contributed by atoms with Crippen molar-refractivity contribution in [2.24, 2.45) is 5.92 Å². The van der Waals surface area contributed by atoms with Gasteiger partial charge < -0.3 is 5.32 Å². The lowest BCUT2D eigenvalue weighted by molar-refractivity contribution is 0.373. The first-order valence-corrected chi connectivity index (χ1v) is 7.12. The topological polar surface area (TPSA) is 12.0 Å². The van der Waals surface area contributed by atoms with Gasteiger partial charge in [-0.05, 0) is 52.9 Å². The molecule has 1 N–H and O–H groups in total. The Hall–Kier alpha value is -0.210. The van der Waals surface area contributed by atoms with E-state index in [0.29, 0.717) is 0 Å². The Balaban J connectivity index is 1.86. The van der Waals surface area contributed by atoms with Gasteiger partial charge in [0.05, 0.1) is 5.02 Å². The van der Waals surface area contributed by atoms with E-state index in [4.69, 9.17) is 11.6 Å². The summed E-state index contributed by atoms with van der Waals surface area (Å²) in [6.45, 7) is 1.09. The highest BCUT2D eigenvalue weighted by Gasteiger charge is 2.12. The van der Waals surface area contributed by atoms with Crippen molar-refractivity contribution in [3.8, 4) is 0 Å². The van der Waals surface area contributed by atoms with Gasteiger partial charge in [-0.2, -0.15) is 0 Å². The fourth-order valence-corrected chi connectivity index (χ4v) is 2.76. The Morgan fingerprint density at radius 2 is 2.00 bits per heavy atom. The third-order valence-corrected chi connectivity index (χ3v) is 4.45. The van der Waals surface area contributed by atoms with Crippen molar-refractivity contribution in [1.29, 1.82) is 0 Å². The molecule has 1 aromatic rings. The van der Waals surface area contributed by atoms with Gasteiger partial charge in [-0.3, -0.25) is 0 Å². The molecule has 1 aliphatic rings. The van der Waals surface area contributed by atoms with Crippen LogP contribution in [0.15, 0.2) is 22.7 Å². The molecule has 3 heteroatoms. The van der Waals surface area contributed by atoms with E-state index >= 15 is 0 Å². The van der Waals surface area contributed by atoms with E-state index in [1.165, 1.54) is 32.1 Å². The fourth-order valence-electron chi connectivity index (χ4n) is 2.26. The molecule has 2 rings (SSSR count). The van der Waals surface area contributed by atoms with E-state index in [2.05, 4.69) is 21.2 Å². The van der Waals surface area contributed by atoms with Crippen LogP contribution in [0.3, 0.4) is 0 Å². The minimum absolute atomic E-state index is 0.767. The van der Waals surface area contributed by atoms with E-state index in [0.717, 1.165) is 27.6 Å². The summed E-state index contributed by atoms with van der Waals surface area (Å²) < 4.78 is 0.961. The van der Waals surface area contributed by atoms with E-state index in [1.807, 2.05) is 18.2 Å². The molecular formula is C13H17BrClN. The molecule has 0 heterocycles. The van der Waals surface area contributed by atoms with Gasteiger partial charge in [0, 0.05) is 16.7 Å². The Labute approximate surface area is 111 Å². The van der Waals surface area contributed by atoms with Crippen LogP contribution in [0.5, 0.6) is 0 Å². The summed E-state index contributed by atoms with van der Waals surface area (Å²) >= 11 is 9.39. The first kappa shape index (κ1) is 12.3. The molecule has 88 valence electrons. The number of nitrogens with one attached hydrogen (secondary N) is 1. The van der Waals surface area contributed by atoms with Gasteiger partial charge in [0.1, 0.15) is 0 Å². The van der Waals surface area contributed by atoms with Crippen LogP contribution in [0, 0.1) is 5.92 Å². The summed E-state index contributed by atoms with van der Waals surface area (Å²) in [5, 5.41) is 4.26. The molecule has 0 unspecified atom stereocenters. The maximum Gasteiger partial charge on any atom is 0.0549 e. The standard InChI is InChI=1S/C13H17BrClN/c14-12-8-11(6-7-13(12)15)16-9-10-4-2-1-3-5-10/h6-8,10,16H,1-5,9H2. The van der Waals surface area contributed by atoms with Crippen LogP contribution in [-0.2, 0) is 0 Å². The molecule has 1 fully saturated rings. The van der Waals surface area contributed by atoms with E-state index < -0.39 is 0 Å². The third-order valence-electron chi connectivity index (χ3n) is 3.24. The molecule has 1 aromatic carbocycles. The van der Waals surface area contributed by atoms with Crippen LogP contribution in [0.4, 0.5) is 5.69 Å². The van der Waals surface area contributed by atoms with Gasteiger partial charge in [-0.25, -0.2) is 0 Å². The normalized spacial score (nSPS) is 17.4. The highest BCUT2D eigenvalue weighted by Crippen LogP contribution is 2.27. The Morgan fingerprint density at radius 1 is 1.25 bits per heavy atom. The molecule has 1 nitrogen and oxygen atoms in total. The van der Waals surface area contributed by atoms with Crippen molar-refractivity contribution >= 4 is 33.2 Å². The second kappa shape index (κ2) is 5.92. The molecule has 1 aliphatic carbocycles. The Morgan fingerprint density at radius 3 is 2.69 bits per heavy atom. The average molecular weight is 303 g/mol. The third kappa shape index (κ3) is 3.39. The van der Waals surface area contributed by atoms with Crippen molar-refractivity contribution in [2.75, 3.05) is 11.9 Å². The Bertz CT molecular complexity index is 348. The van der Waals surface area contributed by atoms with Crippen molar-refractivity contribution in [3.63, 3.8) is 0 Å². The molecule has 0 aliphatic heterocycles. The quantitative estimate of drug-likeness (QED) is 0.819. The SMILES string of the molecule is Clc1ccc(NCC2CCCCC2)cc1Br. The van der Waals surface area contributed by atoms with Crippen LogP contribution in [0.2, 0.25) is 5.02 Å². The van der Waals surface area contributed by atoms with Gasteiger partial charge in [-0.1, -0.05) is 30.9 Å². The number of hydrogen-bond acceptors (Lipinski definition) is 1. The fraction of sp³-hybridized carbons (Fsp3) is 0.538. The van der Waals surface area contributed by atoms with Crippen molar-refractivity contribution in [2.45, 2.75) is 32.1 Å². The van der Waals surface area contributed by atoms with E-state index in [9.17, 15) is 0 Å². The van der Waals surface area contributed by atoms with Gasteiger partial charge in [-0.15, -0.1) is 0 Å². The summed E-state index contributed by atoms with van der Waals surface area (Å²) in [6.07, 6.45) is 6.97. The predicted octanol–water partition coefficient (Wildman–Crippen LogP) is 5.09. The van der Waals surface area contributed by atoms with Crippen molar-refractivity contribution in [3.05, 3.63) is 27.7 Å². The average Bonchev–Trinajstić information content (AvgIpc) is 2.32. The summed E-state index contributed by atoms with van der Waals surface area (Å²) in [5.74, 6) is 0.850. The van der Waals surface area contributed by atoms with E-state index in [-0.39, 0.29) is 0 Å². The largest absolute Gasteiger partial charge is 0.385 e. The van der Waals surface area contributed by atoms with Crippen LogP contribution in [-0.4, -0.2) is 6.54 Å². The first-order valence-electron chi connectivity index (χ1n) is 5.94. The maximum atomic E-state index is 5.95. The number of rotatable bonds is 3. The van der Waals surface area contributed by atoms with Crippen LogP contribution in [0.1, 0.15) is 32.1 Å². The molecule has 0 spiro atoms. The zero-order valence-corrected chi connectivity index (χ0v) is 11.6. The molecule has 0 bridgehead atoms. The molecule has 0 amide bonds. The van der Waals surface area contributed by atoms with Gasteiger partial charge in [0.25, 0.3) is 0 Å². The molecule has 16 heavy (non-hydrogen) atoms. The van der Waals surface area contributed by atoms with Crippen molar-refractivity contribution in [1.82, 2.24) is 0 Å². The highest BCUT2D eigenvalue weighted by molar-refractivity contribution is 9.10. The number of anilines is 1. The Kier molecular flexibility index (Phi) is 4.54. The van der Waals surface area contributed by atoms with Crippen LogP contribution in [0.25, 0.3) is 0 Å². The summed E-state index contributed by atoms with van der Waals surface area (Å²) in [7, 11) is 0. The lowest BCUT2D eigenvalue weighted by atomic mass is 9.89.